The zero-order valence-electron chi connectivity index (χ0n) is 13.9. The summed E-state index contributed by atoms with van der Waals surface area (Å²) in [5.74, 6) is -1.63. The molecule has 0 aliphatic rings. The lowest BCUT2D eigenvalue weighted by molar-refractivity contribution is -0.137. The maximum absolute atomic E-state index is 13.5. The van der Waals surface area contributed by atoms with Crippen LogP contribution in [0.15, 0.2) is 42.5 Å². The molecule has 0 heterocycles. The maximum Gasteiger partial charge on any atom is 0.416 e. The normalized spacial score (nSPS) is 15.5. The van der Waals surface area contributed by atoms with Gasteiger partial charge in [-0.05, 0) is 36.2 Å². The smallest absolute Gasteiger partial charge is 0.392 e. The van der Waals surface area contributed by atoms with E-state index in [1.807, 2.05) is 0 Å². The molecule has 0 saturated carbocycles. The minimum Gasteiger partial charge on any atom is -0.392 e. The summed E-state index contributed by atoms with van der Waals surface area (Å²) in [5.41, 5.74) is 5.59. The van der Waals surface area contributed by atoms with Crippen LogP contribution in [-0.4, -0.2) is 17.3 Å². The maximum atomic E-state index is 13.5. The summed E-state index contributed by atoms with van der Waals surface area (Å²) in [5, 5.41) is 12.6. The van der Waals surface area contributed by atoms with E-state index >= 15 is 0 Å². The van der Waals surface area contributed by atoms with Crippen molar-refractivity contribution in [1.82, 2.24) is 5.32 Å². The van der Waals surface area contributed by atoms with Crippen molar-refractivity contribution in [2.24, 2.45) is 5.73 Å². The molecule has 0 radical (unpaired) electrons. The Kier molecular flexibility index (Phi) is 6.33. The number of halogens is 5. The Labute approximate surface area is 147 Å². The van der Waals surface area contributed by atoms with E-state index in [9.17, 15) is 27.1 Å². The standard InChI is InChI=1S/C18H19F5N2O/c1-10(26)16(24)17(12-6-14(19)8-15(20)7-12)25-9-11-3-2-4-13(5-11)18(21,22)23/h2-8,10,16-17,25-26H,9,24H2,1H3/t10-,16-,17?/m1/s1. The van der Waals surface area contributed by atoms with Crippen LogP contribution in [0.1, 0.15) is 29.7 Å². The molecule has 0 bridgehead atoms. The van der Waals surface area contributed by atoms with Crippen LogP contribution in [-0.2, 0) is 12.7 Å². The van der Waals surface area contributed by atoms with Gasteiger partial charge >= 0.3 is 6.18 Å². The number of nitrogens with one attached hydrogen (secondary N) is 1. The zero-order chi connectivity index (χ0) is 19.5. The van der Waals surface area contributed by atoms with Gasteiger partial charge < -0.3 is 16.2 Å². The van der Waals surface area contributed by atoms with E-state index in [0.29, 0.717) is 11.6 Å². The first-order valence-electron chi connectivity index (χ1n) is 7.87. The summed E-state index contributed by atoms with van der Waals surface area (Å²) in [7, 11) is 0. The van der Waals surface area contributed by atoms with Crippen molar-refractivity contribution < 1.29 is 27.1 Å². The lowest BCUT2D eigenvalue weighted by Crippen LogP contribution is -2.44. The fourth-order valence-electron chi connectivity index (χ4n) is 2.59. The van der Waals surface area contributed by atoms with Crippen molar-refractivity contribution in [3.8, 4) is 0 Å². The number of benzene rings is 2. The molecule has 3 atom stereocenters. The molecule has 4 N–H and O–H groups in total. The second-order valence-electron chi connectivity index (χ2n) is 6.08. The van der Waals surface area contributed by atoms with Crippen molar-refractivity contribution in [2.45, 2.75) is 37.8 Å². The molecule has 2 aromatic rings. The van der Waals surface area contributed by atoms with Crippen LogP contribution in [0, 0.1) is 11.6 Å². The molecule has 8 heteroatoms. The lowest BCUT2D eigenvalue weighted by atomic mass is 9.95. The molecular weight excluding hydrogens is 355 g/mol. The molecule has 142 valence electrons. The molecule has 0 aliphatic heterocycles. The zero-order valence-corrected chi connectivity index (χ0v) is 13.9. The van der Waals surface area contributed by atoms with Crippen molar-refractivity contribution in [1.29, 1.82) is 0 Å². The van der Waals surface area contributed by atoms with Gasteiger partial charge in [-0.2, -0.15) is 13.2 Å². The summed E-state index contributed by atoms with van der Waals surface area (Å²) in [6, 6.07) is 5.71. The highest BCUT2D eigenvalue weighted by Crippen LogP contribution is 2.29. The molecule has 0 aromatic heterocycles. The van der Waals surface area contributed by atoms with Gasteiger partial charge in [-0.3, -0.25) is 0 Å². The average Bonchev–Trinajstić information content (AvgIpc) is 2.53. The number of hydrogen-bond donors (Lipinski definition) is 3. The van der Waals surface area contributed by atoms with E-state index in [1.165, 1.54) is 19.1 Å². The van der Waals surface area contributed by atoms with Crippen LogP contribution in [0.3, 0.4) is 0 Å². The molecule has 0 saturated heterocycles. The quantitative estimate of drug-likeness (QED) is 0.678. The number of rotatable bonds is 6. The summed E-state index contributed by atoms with van der Waals surface area (Å²) < 4.78 is 65.4. The average molecular weight is 374 g/mol. The Morgan fingerprint density at radius 3 is 2.23 bits per heavy atom. The Hall–Kier alpha value is -2.03. The second-order valence-corrected chi connectivity index (χ2v) is 6.08. The topological polar surface area (TPSA) is 58.3 Å². The third-order valence-electron chi connectivity index (χ3n) is 3.97. The van der Waals surface area contributed by atoms with Crippen LogP contribution in [0.5, 0.6) is 0 Å². The third-order valence-corrected chi connectivity index (χ3v) is 3.97. The van der Waals surface area contributed by atoms with Crippen LogP contribution in [0.4, 0.5) is 22.0 Å². The van der Waals surface area contributed by atoms with Crippen LogP contribution >= 0.6 is 0 Å². The summed E-state index contributed by atoms with van der Waals surface area (Å²) in [4.78, 5) is 0. The minimum atomic E-state index is -4.48. The number of aliphatic hydroxyl groups excluding tert-OH is 1. The summed E-state index contributed by atoms with van der Waals surface area (Å²) in [6.45, 7) is 1.38. The fourth-order valence-corrected chi connectivity index (χ4v) is 2.59. The van der Waals surface area contributed by atoms with Gasteiger partial charge in [0, 0.05) is 18.7 Å². The third kappa shape index (κ3) is 5.23. The highest BCUT2D eigenvalue weighted by atomic mass is 19.4. The molecule has 0 fully saturated rings. The lowest BCUT2D eigenvalue weighted by Gasteiger charge is -2.28. The van der Waals surface area contributed by atoms with Gasteiger partial charge in [0.15, 0.2) is 0 Å². The van der Waals surface area contributed by atoms with Crippen LogP contribution < -0.4 is 11.1 Å². The highest BCUT2D eigenvalue weighted by molar-refractivity contribution is 5.27. The first-order chi connectivity index (χ1) is 12.1. The van der Waals surface area contributed by atoms with Gasteiger partial charge in [0.1, 0.15) is 11.6 Å². The second kappa shape index (κ2) is 8.11. The van der Waals surface area contributed by atoms with Gasteiger partial charge in [-0.25, -0.2) is 8.78 Å². The van der Waals surface area contributed by atoms with E-state index in [-0.39, 0.29) is 12.1 Å². The Bertz CT molecular complexity index is 728. The fraction of sp³-hybridized carbons (Fsp3) is 0.333. The van der Waals surface area contributed by atoms with Crippen LogP contribution in [0.25, 0.3) is 0 Å². The van der Waals surface area contributed by atoms with Gasteiger partial charge in [0.05, 0.1) is 17.7 Å². The first kappa shape index (κ1) is 20.3. The Morgan fingerprint density at radius 2 is 1.69 bits per heavy atom. The van der Waals surface area contributed by atoms with E-state index in [2.05, 4.69) is 5.32 Å². The molecule has 3 nitrogen and oxygen atoms in total. The number of nitrogens with two attached hydrogens (primary N) is 1. The largest absolute Gasteiger partial charge is 0.416 e. The van der Waals surface area contributed by atoms with Crippen molar-refractivity contribution in [2.75, 3.05) is 0 Å². The molecular formula is C18H19F5N2O. The predicted octanol–water partition coefficient (Wildman–Crippen LogP) is 3.52. The molecule has 26 heavy (non-hydrogen) atoms. The monoisotopic (exact) mass is 374 g/mol. The minimum absolute atomic E-state index is 0.0346. The summed E-state index contributed by atoms with van der Waals surface area (Å²) in [6.07, 6.45) is -5.49. The molecule has 1 unspecified atom stereocenters. The van der Waals surface area contributed by atoms with Gasteiger partial charge in [-0.15, -0.1) is 0 Å². The van der Waals surface area contributed by atoms with E-state index < -0.39 is 41.6 Å². The molecule has 0 aliphatic carbocycles. The van der Waals surface area contributed by atoms with Gasteiger partial charge in [0.2, 0.25) is 0 Å². The first-order valence-corrected chi connectivity index (χ1v) is 7.87. The Balaban J connectivity index is 2.25. The van der Waals surface area contributed by atoms with E-state index in [1.54, 1.807) is 0 Å². The van der Waals surface area contributed by atoms with Crippen LogP contribution in [0.2, 0.25) is 0 Å². The predicted molar refractivity (Wildman–Crippen MR) is 87.0 cm³/mol. The molecule has 0 spiro atoms. The van der Waals surface area contributed by atoms with Gasteiger partial charge in [0.25, 0.3) is 0 Å². The number of aliphatic hydroxyl groups is 1. The van der Waals surface area contributed by atoms with Crippen molar-refractivity contribution >= 4 is 0 Å². The SMILES string of the molecule is C[C@@H](O)[C@@H](N)C(NCc1cccc(C(F)(F)F)c1)c1cc(F)cc(F)c1. The van der Waals surface area contributed by atoms with Gasteiger partial charge in [-0.1, -0.05) is 18.2 Å². The number of alkyl halides is 3. The molecule has 2 rings (SSSR count). The molecule has 0 amide bonds. The van der Waals surface area contributed by atoms with E-state index in [4.69, 9.17) is 5.73 Å². The van der Waals surface area contributed by atoms with E-state index in [0.717, 1.165) is 24.3 Å². The van der Waals surface area contributed by atoms with Crippen molar-refractivity contribution in [3.63, 3.8) is 0 Å². The molecule has 2 aromatic carbocycles. The highest BCUT2D eigenvalue weighted by Gasteiger charge is 2.30. The number of hydrogen-bond acceptors (Lipinski definition) is 3. The summed E-state index contributed by atoms with van der Waals surface area (Å²) >= 11 is 0. The Morgan fingerprint density at radius 1 is 1.08 bits per heavy atom. The van der Waals surface area contributed by atoms with Crippen molar-refractivity contribution in [3.05, 3.63) is 70.8 Å².